The third-order valence-electron chi connectivity index (χ3n) is 7.40. The van der Waals surface area contributed by atoms with E-state index in [4.69, 9.17) is 11.6 Å². The Morgan fingerprint density at radius 3 is 2.65 bits per heavy atom. The van der Waals surface area contributed by atoms with Crippen molar-refractivity contribution in [3.63, 3.8) is 0 Å². The summed E-state index contributed by atoms with van der Waals surface area (Å²) in [5, 5.41) is 17.5. The average Bonchev–Trinajstić information content (AvgIpc) is 3.30. The molecule has 2 aliphatic rings. The number of piperidine rings is 1. The molecule has 1 fully saturated rings. The van der Waals surface area contributed by atoms with Gasteiger partial charge in [-0.3, -0.25) is 4.72 Å². The molecule has 4 N–H and O–H groups in total. The van der Waals surface area contributed by atoms with Gasteiger partial charge in [-0.2, -0.15) is 0 Å². The maximum atomic E-state index is 15.7. The van der Waals surface area contributed by atoms with Crippen molar-refractivity contribution in [1.29, 1.82) is 0 Å². The Balaban J connectivity index is 1.31. The lowest BCUT2D eigenvalue weighted by atomic mass is 10.0. The molecule has 40 heavy (non-hydrogen) atoms. The molecule has 0 bridgehead atoms. The molecule has 0 saturated carbocycles. The number of aliphatic hydroxyl groups is 1. The molecule has 1 aromatic heterocycles. The summed E-state index contributed by atoms with van der Waals surface area (Å²) in [5.41, 5.74) is 0.867. The van der Waals surface area contributed by atoms with Crippen LogP contribution in [0.2, 0.25) is 5.02 Å². The molecule has 1 aliphatic carbocycles. The van der Waals surface area contributed by atoms with Gasteiger partial charge in [0, 0.05) is 22.6 Å². The van der Waals surface area contributed by atoms with Crippen molar-refractivity contribution in [2.75, 3.05) is 23.1 Å². The lowest BCUT2D eigenvalue weighted by Crippen LogP contribution is -2.35. The SMILES string of the molecule is O=S(=O)(Nc1ccc(F)c(-c2ccc3nc(NC4CCNCC4)ncc3c2)c1F)c1cc(Cl)cc2c1CCC2O. The van der Waals surface area contributed by atoms with Gasteiger partial charge in [-0.15, -0.1) is 0 Å². The summed E-state index contributed by atoms with van der Waals surface area (Å²) in [4.78, 5) is 8.76. The second-order valence-corrected chi connectivity index (χ2v) is 12.1. The van der Waals surface area contributed by atoms with E-state index in [1.165, 1.54) is 18.2 Å². The third kappa shape index (κ3) is 5.10. The Labute approximate surface area is 234 Å². The van der Waals surface area contributed by atoms with E-state index >= 15 is 4.39 Å². The first-order valence-electron chi connectivity index (χ1n) is 13.0. The normalized spacial score (nSPS) is 17.6. The number of benzene rings is 3. The van der Waals surface area contributed by atoms with Gasteiger partial charge in [0.05, 0.1) is 27.8 Å². The largest absolute Gasteiger partial charge is 0.388 e. The van der Waals surface area contributed by atoms with Gasteiger partial charge in [0.25, 0.3) is 10.0 Å². The quantitative estimate of drug-likeness (QED) is 0.247. The van der Waals surface area contributed by atoms with Crippen molar-refractivity contribution in [2.24, 2.45) is 0 Å². The highest BCUT2D eigenvalue weighted by molar-refractivity contribution is 7.92. The number of fused-ring (bicyclic) bond motifs is 2. The number of sulfonamides is 1. The maximum Gasteiger partial charge on any atom is 0.262 e. The zero-order valence-electron chi connectivity index (χ0n) is 21.2. The van der Waals surface area contributed by atoms with Crippen LogP contribution in [-0.4, -0.2) is 42.6 Å². The van der Waals surface area contributed by atoms with Crippen molar-refractivity contribution < 1.29 is 22.3 Å². The second-order valence-electron chi connectivity index (χ2n) is 10.1. The third-order valence-corrected chi connectivity index (χ3v) is 9.05. The molecule has 1 unspecified atom stereocenters. The summed E-state index contributed by atoms with van der Waals surface area (Å²) >= 11 is 6.12. The predicted molar refractivity (Wildman–Crippen MR) is 150 cm³/mol. The number of rotatable bonds is 6. The van der Waals surface area contributed by atoms with Crippen LogP contribution in [0, 0.1) is 11.6 Å². The Hall–Kier alpha value is -3.38. The monoisotopic (exact) mass is 585 g/mol. The van der Waals surface area contributed by atoms with E-state index in [1.54, 1.807) is 18.3 Å². The van der Waals surface area contributed by atoms with Gasteiger partial charge in [0.1, 0.15) is 5.82 Å². The van der Waals surface area contributed by atoms with Gasteiger partial charge in [-0.05, 0) is 91.9 Å². The minimum absolute atomic E-state index is 0.132. The summed E-state index contributed by atoms with van der Waals surface area (Å²) in [5.74, 6) is -1.43. The number of aromatic nitrogens is 2. The summed E-state index contributed by atoms with van der Waals surface area (Å²) in [7, 11) is -4.31. The molecule has 208 valence electrons. The number of anilines is 2. The lowest BCUT2D eigenvalue weighted by molar-refractivity contribution is 0.180. The van der Waals surface area contributed by atoms with Gasteiger partial charge < -0.3 is 15.7 Å². The van der Waals surface area contributed by atoms with E-state index in [0.717, 1.165) is 38.1 Å². The van der Waals surface area contributed by atoms with Gasteiger partial charge in [-0.25, -0.2) is 27.2 Å². The highest BCUT2D eigenvalue weighted by Gasteiger charge is 2.30. The molecule has 3 aromatic carbocycles. The summed E-state index contributed by atoms with van der Waals surface area (Å²) in [6, 6.07) is 9.86. The smallest absolute Gasteiger partial charge is 0.262 e. The summed E-state index contributed by atoms with van der Waals surface area (Å²) < 4.78 is 59.6. The van der Waals surface area contributed by atoms with Crippen molar-refractivity contribution >= 4 is 44.2 Å². The standard InChI is InChI=1S/C28H26ClF2N5O3S/c29-17-12-20-19(2-6-24(20)37)25(13-17)40(38,39)36-23-5-3-21(30)26(27(23)31)15-1-4-22-16(11-15)14-33-28(35-22)34-18-7-9-32-10-8-18/h1,3-5,11-14,18,24,32,36-37H,2,6-10H2,(H,33,34,35). The number of hydrogen-bond donors (Lipinski definition) is 4. The van der Waals surface area contributed by atoms with Gasteiger partial charge in [-0.1, -0.05) is 17.7 Å². The van der Waals surface area contributed by atoms with E-state index < -0.39 is 33.4 Å². The fourth-order valence-corrected chi connectivity index (χ4v) is 7.05. The molecule has 6 rings (SSSR count). The number of nitrogens with one attached hydrogen (secondary N) is 3. The molecule has 1 aliphatic heterocycles. The number of halogens is 3. The zero-order valence-corrected chi connectivity index (χ0v) is 22.8. The van der Waals surface area contributed by atoms with E-state index in [2.05, 4.69) is 25.3 Å². The maximum absolute atomic E-state index is 15.7. The predicted octanol–water partition coefficient (Wildman–Crippen LogP) is 5.17. The van der Waals surface area contributed by atoms with Crippen LogP contribution in [0.5, 0.6) is 0 Å². The molecule has 8 nitrogen and oxygen atoms in total. The molecular formula is C28H26ClF2N5O3S. The van der Waals surface area contributed by atoms with E-state index in [9.17, 15) is 17.9 Å². The molecule has 4 aromatic rings. The van der Waals surface area contributed by atoms with Crippen LogP contribution in [0.25, 0.3) is 22.0 Å². The number of hydrogen-bond acceptors (Lipinski definition) is 7. The van der Waals surface area contributed by atoms with Crippen LogP contribution >= 0.6 is 11.6 Å². The molecule has 1 atom stereocenters. The summed E-state index contributed by atoms with van der Waals surface area (Å²) in [6.07, 6.45) is 3.36. The van der Waals surface area contributed by atoms with Crippen LogP contribution in [0.4, 0.5) is 20.4 Å². The summed E-state index contributed by atoms with van der Waals surface area (Å²) in [6.45, 7) is 1.84. The van der Waals surface area contributed by atoms with Crippen molar-refractivity contribution in [1.82, 2.24) is 15.3 Å². The van der Waals surface area contributed by atoms with Crippen LogP contribution < -0.4 is 15.4 Å². The Morgan fingerprint density at radius 1 is 1.05 bits per heavy atom. The minimum Gasteiger partial charge on any atom is -0.388 e. The highest BCUT2D eigenvalue weighted by atomic mass is 35.5. The first kappa shape index (κ1) is 26.8. The molecular weight excluding hydrogens is 560 g/mol. The molecule has 1 saturated heterocycles. The lowest BCUT2D eigenvalue weighted by Gasteiger charge is -2.23. The van der Waals surface area contributed by atoms with Crippen LogP contribution in [0.15, 0.2) is 53.6 Å². The topological polar surface area (TPSA) is 116 Å². The van der Waals surface area contributed by atoms with Gasteiger partial charge in [0.15, 0.2) is 5.82 Å². The van der Waals surface area contributed by atoms with E-state index in [-0.39, 0.29) is 27.1 Å². The minimum atomic E-state index is -4.31. The number of nitrogens with zero attached hydrogens (tertiary/aromatic N) is 2. The van der Waals surface area contributed by atoms with Gasteiger partial charge in [0.2, 0.25) is 5.95 Å². The van der Waals surface area contributed by atoms with Crippen molar-refractivity contribution in [2.45, 2.75) is 42.7 Å². The Morgan fingerprint density at radius 2 is 1.85 bits per heavy atom. The Bertz CT molecular complexity index is 1730. The van der Waals surface area contributed by atoms with E-state index in [0.29, 0.717) is 40.8 Å². The van der Waals surface area contributed by atoms with Crippen molar-refractivity contribution in [3.8, 4) is 11.1 Å². The first-order valence-corrected chi connectivity index (χ1v) is 14.8. The molecule has 0 amide bonds. The average molecular weight is 586 g/mol. The van der Waals surface area contributed by atoms with Crippen LogP contribution in [-0.2, 0) is 16.4 Å². The van der Waals surface area contributed by atoms with Crippen LogP contribution in [0.1, 0.15) is 36.5 Å². The fourth-order valence-electron chi connectivity index (χ4n) is 5.38. The molecule has 0 radical (unpaired) electrons. The fraction of sp³-hybridized carbons (Fsp3) is 0.286. The highest BCUT2D eigenvalue weighted by Crippen LogP contribution is 2.39. The van der Waals surface area contributed by atoms with Gasteiger partial charge >= 0.3 is 0 Å². The molecule has 12 heteroatoms. The Kier molecular flexibility index (Phi) is 7.07. The van der Waals surface area contributed by atoms with Crippen LogP contribution in [0.3, 0.4) is 0 Å². The second kappa shape index (κ2) is 10.5. The van der Waals surface area contributed by atoms with Crippen molar-refractivity contribution in [3.05, 3.63) is 76.4 Å². The number of aliphatic hydroxyl groups excluding tert-OH is 1. The molecule has 0 spiro atoms. The first-order chi connectivity index (χ1) is 19.2. The molecule has 2 heterocycles. The zero-order chi connectivity index (χ0) is 28.0. The van der Waals surface area contributed by atoms with E-state index in [1.807, 2.05) is 0 Å².